The number of ether oxygens (including phenoxy) is 1. The lowest BCUT2D eigenvalue weighted by atomic mass is 9.92. The second-order valence-corrected chi connectivity index (χ2v) is 6.32. The summed E-state index contributed by atoms with van der Waals surface area (Å²) in [7, 11) is 0. The Bertz CT molecular complexity index is 840. The third-order valence-electron chi connectivity index (χ3n) is 4.41. The molecule has 1 aromatic carbocycles. The molecule has 3 rings (SSSR count). The number of rotatable bonds is 2. The smallest absolute Gasteiger partial charge is 0.426 e. The van der Waals surface area contributed by atoms with Gasteiger partial charge in [0.1, 0.15) is 5.82 Å². The van der Waals surface area contributed by atoms with Gasteiger partial charge in [-0.1, -0.05) is 5.16 Å². The van der Waals surface area contributed by atoms with E-state index in [2.05, 4.69) is 9.89 Å². The van der Waals surface area contributed by atoms with Crippen molar-refractivity contribution < 1.29 is 44.8 Å². The maximum atomic E-state index is 13.4. The number of carbonyl (C=O) groups excluding carboxylic acids is 1. The Hall–Kier alpha value is -2.53. The molecule has 0 spiro atoms. The van der Waals surface area contributed by atoms with E-state index in [-0.39, 0.29) is 31.8 Å². The van der Waals surface area contributed by atoms with Gasteiger partial charge in [-0.3, -0.25) is 0 Å². The van der Waals surface area contributed by atoms with Crippen molar-refractivity contribution in [2.45, 2.75) is 37.2 Å². The van der Waals surface area contributed by atoms with Gasteiger partial charge in [0.25, 0.3) is 6.10 Å². The highest BCUT2D eigenvalue weighted by molar-refractivity contribution is 5.80. The van der Waals surface area contributed by atoms with Crippen molar-refractivity contribution >= 4 is 17.1 Å². The number of hydrogen-bond donors (Lipinski definition) is 0. The van der Waals surface area contributed by atoms with E-state index in [1.807, 2.05) is 0 Å². The lowest BCUT2D eigenvalue weighted by molar-refractivity contribution is -0.308. The molecule has 0 unspecified atom stereocenters. The number of hydrogen-bond acceptors (Lipinski definition) is 4. The Morgan fingerprint density at radius 1 is 1.14 bits per heavy atom. The average Bonchev–Trinajstić information content (AvgIpc) is 3.00. The van der Waals surface area contributed by atoms with Crippen molar-refractivity contribution in [3.05, 3.63) is 29.7 Å². The largest absolute Gasteiger partial charge is 0.434 e. The maximum Gasteiger partial charge on any atom is 0.434 e. The highest BCUT2D eigenvalue weighted by Gasteiger charge is 2.60. The van der Waals surface area contributed by atoms with Crippen molar-refractivity contribution in [1.29, 1.82) is 0 Å². The van der Waals surface area contributed by atoms with E-state index < -0.39 is 30.4 Å². The van der Waals surface area contributed by atoms with Crippen LogP contribution in [0.4, 0.5) is 35.5 Å². The Labute approximate surface area is 153 Å². The first-order valence-electron chi connectivity index (χ1n) is 8.10. The van der Waals surface area contributed by atoms with Crippen LogP contribution in [0.25, 0.3) is 11.0 Å². The van der Waals surface area contributed by atoms with Crippen LogP contribution in [0.3, 0.4) is 0 Å². The summed E-state index contributed by atoms with van der Waals surface area (Å²) in [5.41, 5.74) is 0.766. The molecule has 0 atom stereocenters. The molecule has 1 saturated heterocycles. The highest BCUT2D eigenvalue weighted by atomic mass is 19.4. The molecule has 1 aliphatic heterocycles. The molecule has 0 radical (unpaired) electrons. The summed E-state index contributed by atoms with van der Waals surface area (Å²) in [6, 6.07) is 3.80. The van der Waals surface area contributed by atoms with Crippen LogP contribution in [0.15, 0.2) is 22.7 Å². The van der Waals surface area contributed by atoms with Crippen molar-refractivity contribution in [3.8, 4) is 0 Å². The number of carbonyl (C=O) groups is 1. The number of amides is 1. The van der Waals surface area contributed by atoms with Gasteiger partial charge >= 0.3 is 18.4 Å². The quantitative estimate of drug-likeness (QED) is 0.664. The number of nitrogens with zero attached hydrogens (tertiary/aromatic N) is 2. The van der Waals surface area contributed by atoms with Gasteiger partial charge in [-0.25, -0.2) is 9.18 Å². The number of fused-ring (bicyclic) bond motifs is 1. The van der Waals surface area contributed by atoms with Gasteiger partial charge in [-0.2, -0.15) is 26.3 Å². The molecular formula is C16H13F7N2O3. The minimum atomic E-state index is -5.77. The number of aromatic nitrogens is 1. The fourth-order valence-electron chi connectivity index (χ4n) is 3.05. The zero-order chi connectivity index (χ0) is 20.7. The Kier molecular flexibility index (Phi) is 5.15. The minimum Gasteiger partial charge on any atom is -0.426 e. The Balaban J connectivity index is 1.66. The van der Waals surface area contributed by atoms with Crippen molar-refractivity contribution in [1.82, 2.24) is 10.1 Å². The first-order chi connectivity index (χ1) is 13.0. The van der Waals surface area contributed by atoms with Gasteiger partial charge < -0.3 is 14.2 Å². The molecule has 0 bridgehead atoms. The molecule has 2 aromatic rings. The molecule has 1 fully saturated rings. The molecule has 0 saturated carbocycles. The van der Waals surface area contributed by atoms with Gasteiger partial charge in [-0.05, 0) is 31.0 Å². The summed E-state index contributed by atoms with van der Waals surface area (Å²) >= 11 is 0. The zero-order valence-corrected chi connectivity index (χ0v) is 14.0. The van der Waals surface area contributed by atoms with Crippen LogP contribution in [0, 0.1) is 5.82 Å². The lowest BCUT2D eigenvalue weighted by Crippen LogP contribution is -2.49. The van der Waals surface area contributed by atoms with E-state index in [1.54, 1.807) is 0 Å². The fraction of sp³-hybridized carbons (Fsp3) is 0.500. The predicted octanol–water partition coefficient (Wildman–Crippen LogP) is 4.78. The van der Waals surface area contributed by atoms with E-state index >= 15 is 0 Å². The summed E-state index contributed by atoms with van der Waals surface area (Å²) < 4.78 is 97.2. The second kappa shape index (κ2) is 7.13. The van der Waals surface area contributed by atoms with Gasteiger partial charge in [0, 0.05) is 24.4 Å². The standard InChI is InChI=1S/C16H13F7N2O3/c17-9-1-2-11-10(7-9)12(24-28-11)8-3-5-25(6-4-8)14(26)27-13(15(18,19)20)16(21,22)23/h1-2,7-8,13H,3-6H2. The molecule has 28 heavy (non-hydrogen) atoms. The van der Waals surface area contributed by atoms with E-state index in [0.29, 0.717) is 16.7 Å². The SMILES string of the molecule is O=C(OC(C(F)(F)F)C(F)(F)F)N1CCC(c2noc3ccc(F)cc23)CC1. The van der Waals surface area contributed by atoms with Crippen LogP contribution in [-0.2, 0) is 4.74 Å². The van der Waals surface area contributed by atoms with Gasteiger partial charge in [0.05, 0.1) is 5.69 Å². The Morgan fingerprint density at radius 3 is 2.32 bits per heavy atom. The van der Waals surface area contributed by atoms with Gasteiger partial charge in [-0.15, -0.1) is 0 Å². The molecule has 1 amide bonds. The van der Waals surface area contributed by atoms with Crippen LogP contribution in [0.5, 0.6) is 0 Å². The van der Waals surface area contributed by atoms with E-state index in [1.165, 1.54) is 18.2 Å². The topological polar surface area (TPSA) is 55.6 Å². The van der Waals surface area contributed by atoms with E-state index in [9.17, 15) is 35.5 Å². The summed E-state index contributed by atoms with van der Waals surface area (Å²) in [6.45, 7) is -0.287. The third kappa shape index (κ3) is 4.14. The average molecular weight is 414 g/mol. The number of likely N-dealkylation sites (tertiary alicyclic amines) is 1. The molecule has 154 valence electrons. The van der Waals surface area contributed by atoms with Crippen LogP contribution < -0.4 is 0 Å². The number of alkyl halides is 6. The molecule has 2 heterocycles. The number of halogens is 7. The minimum absolute atomic E-state index is 0.143. The van der Waals surface area contributed by atoms with Crippen LogP contribution in [-0.4, -0.2) is 47.7 Å². The molecule has 1 aromatic heterocycles. The first kappa shape index (κ1) is 20.2. The Morgan fingerprint density at radius 2 is 1.75 bits per heavy atom. The van der Waals surface area contributed by atoms with Gasteiger partial charge in [0.15, 0.2) is 5.58 Å². The van der Waals surface area contributed by atoms with Crippen LogP contribution >= 0.6 is 0 Å². The first-order valence-corrected chi connectivity index (χ1v) is 8.10. The second-order valence-electron chi connectivity index (χ2n) is 6.32. The maximum absolute atomic E-state index is 13.4. The molecule has 0 N–H and O–H groups in total. The molecular weight excluding hydrogens is 401 g/mol. The zero-order valence-electron chi connectivity index (χ0n) is 14.0. The van der Waals surface area contributed by atoms with Crippen molar-refractivity contribution in [2.75, 3.05) is 13.1 Å². The summed E-state index contributed by atoms with van der Waals surface area (Å²) in [5, 5.41) is 4.30. The fourth-order valence-corrected chi connectivity index (χ4v) is 3.05. The normalized spacial score (nSPS) is 16.8. The van der Waals surface area contributed by atoms with Crippen LogP contribution in [0.1, 0.15) is 24.5 Å². The number of benzene rings is 1. The molecule has 12 heteroatoms. The van der Waals surface area contributed by atoms with E-state index in [0.717, 1.165) is 4.90 Å². The highest BCUT2D eigenvalue weighted by Crippen LogP contribution is 2.37. The van der Waals surface area contributed by atoms with Crippen molar-refractivity contribution in [2.24, 2.45) is 0 Å². The summed E-state index contributed by atoms with van der Waals surface area (Å²) in [5.74, 6) is -0.809. The molecule has 0 aliphatic carbocycles. The van der Waals surface area contributed by atoms with Crippen molar-refractivity contribution in [3.63, 3.8) is 0 Å². The molecule has 5 nitrogen and oxygen atoms in total. The summed E-state index contributed by atoms with van der Waals surface area (Å²) in [4.78, 5) is 12.5. The lowest BCUT2D eigenvalue weighted by Gasteiger charge is -2.32. The van der Waals surface area contributed by atoms with Gasteiger partial charge in [0.2, 0.25) is 0 Å². The van der Waals surface area contributed by atoms with E-state index in [4.69, 9.17) is 4.52 Å². The molecule has 1 aliphatic rings. The number of piperidine rings is 1. The predicted molar refractivity (Wildman–Crippen MR) is 79.9 cm³/mol. The van der Waals surface area contributed by atoms with Crippen LogP contribution in [0.2, 0.25) is 0 Å². The monoisotopic (exact) mass is 414 g/mol. The summed E-state index contributed by atoms with van der Waals surface area (Å²) in [6.07, 6.45) is -17.0. The third-order valence-corrected chi connectivity index (χ3v) is 4.41.